The number of carbonyl (C=O) groups is 2. The second-order valence-corrected chi connectivity index (χ2v) is 5.10. The number of hydrogen-bond acceptors (Lipinski definition) is 3. The SMILES string of the molecule is CC1CC(C(=O)O)CCN1C(=O)c1ccc(C#N)cc1. The van der Waals surface area contributed by atoms with Crippen molar-refractivity contribution in [3.8, 4) is 6.07 Å². The van der Waals surface area contributed by atoms with Gasteiger partial charge in [-0.1, -0.05) is 0 Å². The highest BCUT2D eigenvalue weighted by Gasteiger charge is 2.32. The molecule has 1 aromatic carbocycles. The molecule has 1 aliphatic heterocycles. The number of benzene rings is 1. The van der Waals surface area contributed by atoms with E-state index in [1.807, 2.05) is 13.0 Å². The van der Waals surface area contributed by atoms with Crippen LogP contribution < -0.4 is 0 Å². The summed E-state index contributed by atoms with van der Waals surface area (Å²) in [6, 6.07) is 8.42. The van der Waals surface area contributed by atoms with Gasteiger partial charge in [-0.15, -0.1) is 0 Å². The molecule has 0 aromatic heterocycles. The highest BCUT2D eigenvalue weighted by atomic mass is 16.4. The quantitative estimate of drug-likeness (QED) is 0.891. The average molecular weight is 272 g/mol. The number of piperidine rings is 1. The first-order chi connectivity index (χ1) is 9.52. The number of rotatable bonds is 2. The van der Waals surface area contributed by atoms with E-state index in [1.54, 1.807) is 29.2 Å². The summed E-state index contributed by atoms with van der Waals surface area (Å²) in [7, 11) is 0. The molecule has 5 nitrogen and oxygen atoms in total. The largest absolute Gasteiger partial charge is 0.481 e. The smallest absolute Gasteiger partial charge is 0.306 e. The Balaban J connectivity index is 2.09. The van der Waals surface area contributed by atoms with Crippen LogP contribution in [-0.4, -0.2) is 34.5 Å². The minimum Gasteiger partial charge on any atom is -0.481 e. The molecule has 2 unspecified atom stereocenters. The standard InChI is InChI=1S/C15H16N2O3/c1-10-8-13(15(19)20)6-7-17(10)14(18)12-4-2-11(9-16)3-5-12/h2-5,10,13H,6-8H2,1H3,(H,19,20). The van der Waals surface area contributed by atoms with Crippen LogP contribution in [0.25, 0.3) is 0 Å². The monoisotopic (exact) mass is 272 g/mol. The van der Waals surface area contributed by atoms with Crippen molar-refractivity contribution in [3.63, 3.8) is 0 Å². The van der Waals surface area contributed by atoms with Gasteiger partial charge in [0.2, 0.25) is 0 Å². The summed E-state index contributed by atoms with van der Waals surface area (Å²) in [5, 5.41) is 17.8. The zero-order chi connectivity index (χ0) is 14.7. The second-order valence-electron chi connectivity index (χ2n) is 5.10. The number of carboxylic acids is 1. The summed E-state index contributed by atoms with van der Waals surface area (Å²) in [5.41, 5.74) is 1.05. The molecular formula is C15H16N2O3. The fourth-order valence-electron chi connectivity index (χ4n) is 2.55. The molecule has 1 aliphatic rings. The van der Waals surface area contributed by atoms with Gasteiger partial charge >= 0.3 is 5.97 Å². The van der Waals surface area contributed by atoms with Crippen molar-refractivity contribution >= 4 is 11.9 Å². The lowest BCUT2D eigenvalue weighted by Crippen LogP contribution is -2.46. The molecule has 1 N–H and O–H groups in total. The number of nitrogens with zero attached hydrogens (tertiary/aromatic N) is 2. The molecule has 2 rings (SSSR count). The first kappa shape index (κ1) is 14.1. The van der Waals surface area contributed by atoms with Gasteiger partial charge in [0, 0.05) is 18.2 Å². The minimum atomic E-state index is -0.790. The lowest BCUT2D eigenvalue weighted by molar-refractivity contribution is -0.143. The summed E-state index contributed by atoms with van der Waals surface area (Å²) >= 11 is 0. The molecule has 5 heteroatoms. The normalized spacial score (nSPS) is 22.1. The van der Waals surface area contributed by atoms with E-state index < -0.39 is 5.97 Å². The Hall–Kier alpha value is -2.35. The van der Waals surface area contributed by atoms with E-state index in [4.69, 9.17) is 10.4 Å². The van der Waals surface area contributed by atoms with E-state index in [-0.39, 0.29) is 17.9 Å². The van der Waals surface area contributed by atoms with Gasteiger partial charge in [0.15, 0.2) is 0 Å². The van der Waals surface area contributed by atoms with Gasteiger partial charge in [0.1, 0.15) is 0 Å². The number of aliphatic carboxylic acids is 1. The van der Waals surface area contributed by atoms with Crippen LogP contribution in [0.15, 0.2) is 24.3 Å². The van der Waals surface area contributed by atoms with Crippen LogP contribution in [0.1, 0.15) is 35.7 Å². The van der Waals surface area contributed by atoms with Crippen LogP contribution in [0.4, 0.5) is 0 Å². The molecule has 0 spiro atoms. The number of hydrogen-bond donors (Lipinski definition) is 1. The number of carbonyl (C=O) groups excluding carboxylic acids is 1. The van der Waals surface area contributed by atoms with Crippen molar-refractivity contribution in [1.29, 1.82) is 5.26 Å². The van der Waals surface area contributed by atoms with E-state index in [1.165, 1.54) is 0 Å². The van der Waals surface area contributed by atoms with Gasteiger partial charge in [-0.05, 0) is 44.0 Å². The molecule has 0 radical (unpaired) electrons. The van der Waals surface area contributed by atoms with Crippen LogP contribution in [0, 0.1) is 17.2 Å². The first-order valence-corrected chi connectivity index (χ1v) is 6.57. The van der Waals surface area contributed by atoms with Crippen molar-refractivity contribution in [2.75, 3.05) is 6.54 Å². The van der Waals surface area contributed by atoms with E-state index in [0.717, 1.165) is 0 Å². The molecule has 2 atom stereocenters. The molecule has 1 fully saturated rings. The van der Waals surface area contributed by atoms with Crippen LogP contribution in [0.2, 0.25) is 0 Å². The summed E-state index contributed by atoms with van der Waals surface area (Å²) in [6.45, 7) is 2.33. The van der Waals surface area contributed by atoms with Gasteiger partial charge in [-0.3, -0.25) is 9.59 Å². The van der Waals surface area contributed by atoms with Crippen LogP contribution in [0.3, 0.4) is 0 Å². The van der Waals surface area contributed by atoms with Crippen molar-refractivity contribution in [1.82, 2.24) is 4.90 Å². The van der Waals surface area contributed by atoms with Gasteiger partial charge < -0.3 is 10.0 Å². The molecule has 20 heavy (non-hydrogen) atoms. The number of likely N-dealkylation sites (tertiary alicyclic amines) is 1. The van der Waals surface area contributed by atoms with Crippen molar-refractivity contribution in [2.24, 2.45) is 5.92 Å². The molecule has 1 saturated heterocycles. The topological polar surface area (TPSA) is 81.4 Å². The van der Waals surface area contributed by atoms with Gasteiger partial charge in [-0.2, -0.15) is 5.26 Å². The van der Waals surface area contributed by atoms with Crippen molar-refractivity contribution < 1.29 is 14.7 Å². The zero-order valence-electron chi connectivity index (χ0n) is 11.2. The third-order valence-corrected chi connectivity index (χ3v) is 3.75. The van der Waals surface area contributed by atoms with E-state index in [9.17, 15) is 9.59 Å². The molecule has 104 valence electrons. The molecular weight excluding hydrogens is 256 g/mol. The Morgan fingerprint density at radius 3 is 2.50 bits per heavy atom. The Morgan fingerprint density at radius 1 is 1.35 bits per heavy atom. The van der Waals surface area contributed by atoms with E-state index in [2.05, 4.69) is 0 Å². The van der Waals surface area contributed by atoms with Crippen molar-refractivity contribution in [2.45, 2.75) is 25.8 Å². The van der Waals surface area contributed by atoms with Crippen LogP contribution in [0.5, 0.6) is 0 Å². The third-order valence-electron chi connectivity index (χ3n) is 3.75. The fraction of sp³-hybridized carbons (Fsp3) is 0.400. The second kappa shape index (κ2) is 5.74. The molecule has 1 aromatic rings. The Kier molecular flexibility index (Phi) is 4.04. The maximum Gasteiger partial charge on any atom is 0.306 e. The van der Waals surface area contributed by atoms with Gasteiger partial charge in [-0.25, -0.2) is 0 Å². The summed E-state index contributed by atoms with van der Waals surface area (Å²) in [5.74, 6) is -1.26. The summed E-state index contributed by atoms with van der Waals surface area (Å²) in [4.78, 5) is 25.1. The minimum absolute atomic E-state index is 0.0898. The Morgan fingerprint density at radius 2 is 2.00 bits per heavy atom. The molecule has 1 heterocycles. The third kappa shape index (κ3) is 2.80. The summed E-state index contributed by atoms with van der Waals surface area (Å²) < 4.78 is 0. The summed E-state index contributed by atoms with van der Waals surface area (Å²) in [6.07, 6.45) is 0.971. The Labute approximate surface area is 117 Å². The average Bonchev–Trinajstić information content (AvgIpc) is 2.46. The molecule has 0 aliphatic carbocycles. The van der Waals surface area contributed by atoms with E-state index >= 15 is 0 Å². The van der Waals surface area contributed by atoms with Crippen molar-refractivity contribution in [3.05, 3.63) is 35.4 Å². The van der Waals surface area contributed by atoms with Crippen LogP contribution >= 0.6 is 0 Å². The molecule has 1 amide bonds. The lowest BCUT2D eigenvalue weighted by Gasteiger charge is -2.36. The van der Waals surface area contributed by atoms with Gasteiger partial charge in [0.05, 0.1) is 17.6 Å². The lowest BCUT2D eigenvalue weighted by atomic mass is 9.91. The predicted octanol–water partition coefficient (Wildman–Crippen LogP) is 1.88. The number of nitriles is 1. The molecule has 0 bridgehead atoms. The fourth-order valence-corrected chi connectivity index (χ4v) is 2.55. The first-order valence-electron chi connectivity index (χ1n) is 6.57. The maximum absolute atomic E-state index is 12.4. The van der Waals surface area contributed by atoms with Crippen LogP contribution in [-0.2, 0) is 4.79 Å². The Bertz CT molecular complexity index is 559. The van der Waals surface area contributed by atoms with E-state index in [0.29, 0.717) is 30.5 Å². The van der Waals surface area contributed by atoms with Gasteiger partial charge in [0.25, 0.3) is 5.91 Å². The predicted molar refractivity (Wildman–Crippen MR) is 72.0 cm³/mol. The number of amides is 1. The molecule has 0 saturated carbocycles. The highest BCUT2D eigenvalue weighted by Crippen LogP contribution is 2.24. The number of carboxylic acid groups (broad SMARTS) is 1. The maximum atomic E-state index is 12.4. The zero-order valence-corrected chi connectivity index (χ0v) is 11.2. The highest BCUT2D eigenvalue weighted by molar-refractivity contribution is 5.94.